The number of hydrogen-bond donors (Lipinski definition) is 2. The van der Waals surface area contributed by atoms with Crippen LogP contribution in [0.2, 0.25) is 0 Å². The van der Waals surface area contributed by atoms with Gasteiger partial charge in [0.15, 0.2) is 0 Å². The zero-order valence-electron chi connectivity index (χ0n) is 8.88. The molecule has 5 heteroatoms. The molecule has 0 saturated heterocycles. The van der Waals surface area contributed by atoms with Crippen molar-refractivity contribution in [1.29, 1.82) is 0 Å². The van der Waals surface area contributed by atoms with Crippen LogP contribution in [0.3, 0.4) is 0 Å². The van der Waals surface area contributed by atoms with Gasteiger partial charge in [0.25, 0.3) is 5.92 Å². The molecule has 0 radical (unpaired) electrons. The number of rotatable bonds is 5. The molecule has 0 aromatic heterocycles. The number of aliphatic hydroxyl groups excluding tert-OH is 1. The molecule has 0 spiro atoms. The third-order valence-electron chi connectivity index (χ3n) is 2.27. The van der Waals surface area contributed by atoms with E-state index in [0.717, 1.165) is 0 Å². The van der Waals surface area contributed by atoms with Gasteiger partial charge in [0, 0.05) is 11.6 Å². The lowest BCUT2D eigenvalue weighted by Gasteiger charge is -2.19. The summed E-state index contributed by atoms with van der Waals surface area (Å²) in [5.74, 6) is -3.62. The van der Waals surface area contributed by atoms with Crippen molar-refractivity contribution < 1.29 is 18.3 Å². The number of alkyl halides is 2. The zero-order valence-corrected chi connectivity index (χ0v) is 8.88. The molecule has 1 unspecified atom stereocenters. The van der Waals surface area contributed by atoms with Crippen molar-refractivity contribution in [3.05, 3.63) is 35.6 Å². The Morgan fingerprint density at radius 1 is 1.38 bits per heavy atom. The highest BCUT2D eigenvalue weighted by molar-refractivity contribution is 5.20. The molecule has 0 saturated carbocycles. The minimum absolute atomic E-state index is 0.330. The third kappa shape index (κ3) is 3.50. The summed E-state index contributed by atoms with van der Waals surface area (Å²) in [6, 6.07) is 5.45. The zero-order chi connectivity index (χ0) is 12.2. The summed E-state index contributed by atoms with van der Waals surface area (Å²) in [5, 5.41) is 10.8. The molecule has 0 bridgehead atoms. The van der Waals surface area contributed by atoms with Gasteiger partial charge in [-0.2, -0.15) is 0 Å². The second-order valence-corrected chi connectivity index (χ2v) is 3.64. The topological polar surface area (TPSA) is 32.3 Å². The van der Waals surface area contributed by atoms with E-state index in [9.17, 15) is 13.2 Å². The molecular formula is C11H14F3NO. The molecule has 0 amide bonds. The SMILES string of the molecule is CC(NCC(F)(F)CO)c1ccccc1F. The Balaban J connectivity index is 2.60. The second-order valence-electron chi connectivity index (χ2n) is 3.64. The van der Waals surface area contributed by atoms with Crippen molar-refractivity contribution in [2.75, 3.05) is 13.2 Å². The van der Waals surface area contributed by atoms with E-state index in [2.05, 4.69) is 5.32 Å². The Labute approximate surface area is 92.1 Å². The Hall–Kier alpha value is -1.07. The summed E-state index contributed by atoms with van der Waals surface area (Å²) in [4.78, 5) is 0. The normalized spacial score (nSPS) is 13.8. The largest absolute Gasteiger partial charge is 0.390 e. The molecule has 16 heavy (non-hydrogen) atoms. The first kappa shape index (κ1) is 13.0. The van der Waals surface area contributed by atoms with Gasteiger partial charge in [-0.05, 0) is 13.0 Å². The molecule has 1 rings (SSSR count). The lowest BCUT2D eigenvalue weighted by Crippen LogP contribution is -2.37. The number of benzene rings is 1. The van der Waals surface area contributed by atoms with Crippen molar-refractivity contribution in [3.63, 3.8) is 0 Å². The molecule has 0 aliphatic rings. The van der Waals surface area contributed by atoms with Gasteiger partial charge >= 0.3 is 0 Å². The summed E-state index contributed by atoms with van der Waals surface area (Å²) in [7, 11) is 0. The minimum Gasteiger partial charge on any atom is -0.390 e. The standard InChI is InChI=1S/C11H14F3NO/c1-8(15-6-11(13,14)7-16)9-4-2-3-5-10(9)12/h2-5,8,15-16H,6-7H2,1H3. The number of halogens is 3. The molecule has 2 nitrogen and oxygen atoms in total. The Morgan fingerprint density at radius 2 is 2.00 bits per heavy atom. The van der Waals surface area contributed by atoms with Crippen molar-refractivity contribution in [1.82, 2.24) is 5.32 Å². The quantitative estimate of drug-likeness (QED) is 0.816. The second kappa shape index (κ2) is 5.32. The van der Waals surface area contributed by atoms with Crippen molar-refractivity contribution in [2.45, 2.75) is 18.9 Å². The summed E-state index contributed by atoms with van der Waals surface area (Å²) < 4.78 is 38.7. The molecule has 1 aromatic carbocycles. The third-order valence-corrected chi connectivity index (χ3v) is 2.27. The molecule has 90 valence electrons. The van der Waals surface area contributed by atoms with Crippen LogP contribution in [0.4, 0.5) is 13.2 Å². The van der Waals surface area contributed by atoms with Gasteiger partial charge in [-0.3, -0.25) is 0 Å². The summed E-state index contributed by atoms with van der Waals surface area (Å²) in [5.41, 5.74) is 0.330. The summed E-state index contributed by atoms with van der Waals surface area (Å²) in [6.45, 7) is -0.311. The monoisotopic (exact) mass is 233 g/mol. The van der Waals surface area contributed by atoms with Gasteiger partial charge in [-0.15, -0.1) is 0 Å². The van der Waals surface area contributed by atoms with Crippen LogP contribution in [0.5, 0.6) is 0 Å². The van der Waals surface area contributed by atoms with Crippen LogP contribution in [-0.4, -0.2) is 24.2 Å². The highest BCUT2D eigenvalue weighted by Gasteiger charge is 2.28. The fourth-order valence-electron chi connectivity index (χ4n) is 1.29. The first-order chi connectivity index (χ1) is 7.46. The van der Waals surface area contributed by atoms with E-state index in [1.165, 1.54) is 18.2 Å². The molecule has 1 aromatic rings. The highest BCUT2D eigenvalue weighted by atomic mass is 19.3. The lowest BCUT2D eigenvalue weighted by molar-refractivity contribution is -0.0491. The van der Waals surface area contributed by atoms with E-state index in [4.69, 9.17) is 5.11 Å². The van der Waals surface area contributed by atoms with E-state index in [1.807, 2.05) is 0 Å². The van der Waals surface area contributed by atoms with Gasteiger partial charge in [0.1, 0.15) is 12.4 Å². The fourth-order valence-corrected chi connectivity index (χ4v) is 1.29. The average Bonchev–Trinajstić information content (AvgIpc) is 2.27. The molecule has 2 N–H and O–H groups in total. The van der Waals surface area contributed by atoms with E-state index >= 15 is 0 Å². The van der Waals surface area contributed by atoms with Crippen molar-refractivity contribution >= 4 is 0 Å². The fraction of sp³-hybridized carbons (Fsp3) is 0.455. The van der Waals surface area contributed by atoms with Crippen molar-refractivity contribution in [3.8, 4) is 0 Å². The Kier molecular flexibility index (Phi) is 4.32. The maximum atomic E-state index is 13.3. The van der Waals surface area contributed by atoms with E-state index < -0.39 is 30.9 Å². The maximum absolute atomic E-state index is 13.3. The van der Waals surface area contributed by atoms with Crippen LogP contribution in [0, 0.1) is 5.82 Å². The smallest absolute Gasteiger partial charge is 0.282 e. The average molecular weight is 233 g/mol. The van der Waals surface area contributed by atoms with E-state index in [0.29, 0.717) is 5.56 Å². The van der Waals surface area contributed by atoms with Gasteiger partial charge in [-0.1, -0.05) is 18.2 Å². The first-order valence-corrected chi connectivity index (χ1v) is 4.93. The van der Waals surface area contributed by atoms with Gasteiger partial charge < -0.3 is 10.4 Å². The molecule has 1 atom stereocenters. The van der Waals surface area contributed by atoms with Gasteiger partial charge in [-0.25, -0.2) is 13.2 Å². The van der Waals surface area contributed by atoms with Crippen LogP contribution >= 0.6 is 0 Å². The predicted octanol–water partition coefficient (Wildman–Crippen LogP) is 2.10. The number of nitrogens with one attached hydrogen (secondary N) is 1. The van der Waals surface area contributed by atoms with Crippen LogP contribution < -0.4 is 5.32 Å². The van der Waals surface area contributed by atoms with Crippen LogP contribution in [-0.2, 0) is 0 Å². The van der Waals surface area contributed by atoms with Crippen LogP contribution in [0.15, 0.2) is 24.3 Å². The Morgan fingerprint density at radius 3 is 2.56 bits per heavy atom. The summed E-state index contributed by atoms with van der Waals surface area (Å²) >= 11 is 0. The first-order valence-electron chi connectivity index (χ1n) is 4.93. The van der Waals surface area contributed by atoms with E-state index in [-0.39, 0.29) is 0 Å². The molecule has 0 fully saturated rings. The number of aliphatic hydroxyl groups is 1. The predicted molar refractivity (Wildman–Crippen MR) is 54.9 cm³/mol. The van der Waals surface area contributed by atoms with Crippen LogP contribution in [0.25, 0.3) is 0 Å². The maximum Gasteiger partial charge on any atom is 0.282 e. The van der Waals surface area contributed by atoms with Crippen molar-refractivity contribution in [2.24, 2.45) is 0 Å². The van der Waals surface area contributed by atoms with Gasteiger partial charge in [0.2, 0.25) is 0 Å². The minimum atomic E-state index is -3.18. The van der Waals surface area contributed by atoms with E-state index in [1.54, 1.807) is 13.0 Å². The highest BCUT2D eigenvalue weighted by Crippen LogP contribution is 2.18. The van der Waals surface area contributed by atoms with Gasteiger partial charge in [0.05, 0.1) is 6.54 Å². The van der Waals surface area contributed by atoms with Crippen LogP contribution in [0.1, 0.15) is 18.5 Å². The Bertz CT molecular complexity index is 344. The summed E-state index contributed by atoms with van der Waals surface area (Å²) in [6.07, 6.45) is 0. The molecule has 0 heterocycles. The number of hydrogen-bond acceptors (Lipinski definition) is 2. The lowest BCUT2D eigenvalue weighted by atomic mass is 10.1. The molecular weight excluding hydrogens is 219 g/mol. The molecule has 0 aliphatic heterocycles. The molecule has 0 aliphatic carbocycles.